The molecular formula is C13H24O. The molecule has 0 amide bonds. The monoisotopic (exact) mass is 196 g/mol. The molecule has 0 heterocycles. The van der Waals surface area contributed by atoms with Crippen molar-refractivity contribution in [1.29, 1.82) is 0 Å². The van der Waals surface area contributed by atoms with Crippen LogP contribution in [0.4, 0.5) is 0 Å². The van der Waals surface area contributed by atoms with Gasteiger partial charge in [-0.15, -0.1) is 0 Å². The molecule has 3 aliphatic rings. The van der Waals surface area contributed by atoms with Gasteiger partial charge in [0.15, 0.2) is 0 Å². The molecule has 3 unspecified atom stereocenters. The second-order valence-corrected chi connectivity index (χ2v) is 6.12. The topological polar surface area (TPSA) is 20.2 Å². The molecule has 3 rings (SSSR count). The normalized spacial score (nSPS) is 41.6. The summed E-state index contributed by atoms with van der Waals surface area (Å²) in [7, 11) is 0. The highest BCUT2D eigenvalue weighted by Crippen LogP contribution is 2.62. The number of rotatable bonds is 3. The number of aliphatic hydroxyl groups is 1. The molecule has 1 heteroatoms. The zero-order valence-electron chi connectivity index (χ0n) is 9.79. The largest absolute Gasteiger partial charge is 0.393 e. The lowest BCUT2D eigenvalue weighted by Gasteiger charge is -2.60. The van der Waals surface area contributed by atoms with Gasteiger partial charge in [0.05, 0.1) is 6.10 Å². The van der Waals surface area contributed by atoms with E-state index >= 15 is 0 Å². The maximum atomic E-state index is 9.31. The van der Waals surface area contributed by atoms with E-state index < -0.39 is 0 Å². The Morgan fingerprint density at radius 1 is 1.36 bits per heavy atom. The summed E-state index contributed by atoms with van der Waals surface area (Å²) in [6.07, 6.45) is 6.48. The van der Waals surface area contributed by atoms with Crippen molar-refractivity contribution >= 4 is 0 Å². The van der Waals surface area contributed by atoms with E-state index in [2.05, 4.69) is 13.8 Å². The Balaban J connectivity index is 1.88. The van der Waals surface area contributed by atoms with E-state index in [1.807, 2.05) is 6.92 Å². The molecular weight excluding hydrogens is 172 g/mol. The minimum atomic E-state index is -0.101. The van der Waals surface area contributed by atoms with Crippen LogP contribution in [0.25, 0.3) is 0 Å². The molecule has 2 bridgehead atoms. The third-order valence-corrected chi connectivity index (χ3v) is 4.96. The van der Waals surface area contributed by atoms with Crippen molar-refractivity contribution in [2.45, 2.75) is 59.0 Å². The summed E-state index contributed by atoms with van der Waals surface area (Å²) in [5.41, 5.74) is 0.613. The summed E-state index contributed by atoms with van der Waals surface area (Å²) >= 11 is 0. The lowest BCUT2D eigenvalue weighted by atomic mass is 9.45. The first-order valence-corrected chi connectivity index (χ1v) is 6.20. The average molecular weight is 196 g/mol. The molecule has 0 radical (unpaired) electrons. The van der Waals surface area contributed by atoms with Crippen LogP contribution in [0.15, 0.2) is 0 Å². The Labute approximate surface area is 87.9 Å². The summed E-state index contributed by atoms with van der Waals surface area (Å²) in [4.78, 5) is 0. The number of hydrogen-bond acceptors (Lipinski definition) is 1. The molecule has 1 N–H and O–H groups in total. The van der Waals surface area contributed by atoms with Crippen LogP contribution < -0.4 is 0 Å². The predicted molar refractivity (Wildman–Crippen MR) is 59.0 cm³/mol. The van der Waals surface area contributed by atoms with Gasteiger partial charge in [-0.05, 0) is 62.2 Å². The quantitative estimate of drug-likeness (QED) is 0.735. The molecule has 3 saturated carbocycles. The van der Waals surface area contributed by atoms with Gasteiger partial charge in [-0.25, -0.2) is 0 Å². The Morgan fingerprint density at radius 3 is 2.57 bits per heavy atom. The lowest BCUT2D eigenvalue weighted by molar-refractivity contribution is -0.108. The van der Waals surface area contributed by atoms with Gasteiger partial charge in [0.2, 0.25) is 0 Å². The molecule has 0 spiro atoms. The SMILES string of the molecule is C[C@@H](O)CCC1CCC2CC1C2(C)C. The fourth-order valence-electron chi connectivity index (χ4n) is 3.76. The molecule has 4 atom stereocenters. The van der Waals surface area contributed by atoms with Gasteiger partial charge in [0, 0.05) is 0 Å². The molecule has 1 nitrogen and oxygen atoms in total. The van der Waals surface area contributed by atoms with Gasteiger partial charge in [0.1, 0.15) is 0 Å². The van der Waals surface area contributed by atoms with Crippen molar-refractivity contribution < 1.29 is 5.11 Å². The third-order valence-electron chi connectivity index (χ3n) is 4.96. The van der Waals surface area contributed by atoms with Crippen LogP contribution in [-0.4, -0.2) is 11.2 Å². The Kier molecular flexibility index (Phi) is 2.63. The van der Waals surface area contributed by atoms with Gasteiger partial charge >= 0.3 is 0 Å². The van der Waals surface area contributed by atoms with Crippen LogP contribution in [0.5, 0.6) is 0 Å². The van der Waals surface area contributed by atoms with Crippen LogP contribution in [0.2, 0.25) is 0 Å². The molecule has 0 aromatic carbocycles. The smallest absolute Gasteiger partial charge is 0.0512 e. The van der Waals surface area contributed by atoms with E-state index in [0.717, 1.165) is 24.2 Å². The van der Waals surface area contributed by atoms with E-state index in [1.54, 1.807) is 0 Å². The van der Waals surface area contributed by atoms with E-state index in [0.29, 0.717) is 5.41 Å². The molecule has 0 aliphatic heterocycles. The summed E-state index contributed by atoms with van der Waals surface area (Å²) in [5.74, 6) is 2.87. The van der Waals surface area contributed by atoms with E-state index in [1.165, 1.54) is 25.7 Å². The maximum absolute atomic E-state index is 9.31. The first kappa shape index (κ1) is 10.5. The van der Waals surface area contributed by atoms with Crippen LogP contribution >= 0.6 is 0 Å². The lowest BCUT2D eigenvalue weighted by Crippen LogP contribution is -2.52. The van der Waals surface area contributed by atoms with E-state index in [-0.39, 0.29) is 6.10 Å². The van der Waals surface area contributed by atoms with Gasteiger partial charge in [-0.3, -0.25) is 0 Å². The fourth-order valence-corrected chi connectivity index (χ4v) is 3.76. The summed E-state index contributed by atoms with van der Waals surface area (Å²) < 4.78 is 0. The van der Waals surface area contributed by atoms with Crippen molar-refractivity contribution in [3.8, 4) is 0 Å². The zero-order chi connectivity index (χ0) is 10.3. The molecule has 3 fully saturated rings. The van der Waals surface area contributed by atoms with Crippen molar-refractivity contribution in [2.24, 2.45) is 23.2 Å². The van der Waals surface area contributed by atoms with Crippen molar-refractivity contribution in [2.75, 3.05) is 0 Å². The summed E-state index contributed by atoms with van der Waals surface area (Å²) in [6.45, 7) is 6.80. The van der Waals surface area contributed by atoms with Crippen LogP contribution in [-0.2, 0) is 0 Å². The number of hydrogen-bond donors (Lipinski definition) is 1. The molecule has 3 aliphatic carbocycles. The first-order chi connectivity index (χ1) is 6.51. The average Bonchev–Trinajstić information content (AvgIpc) is 2.14. The van der Waals surface area contributed by atoms with Gasteiger partial charge in [0.25, 0.3) is 0 Å². The van der Waals surface area contributed by atoms with Crippen molar-refractivity contribution in [1.82, 2.24) is 0 Å². The Bertz CT molecular complexity index is 205. The van der Waals surface area contributed by atoms with E-state index in [4.69, 9.17) is 0 Å². The molecule has 0 saturated heterocycles. The number of fused-ring (bicyclic) bond motifs is 2. The highest BCUT2D eigenvalue weighted by Gasteiger charge is 2.53. The summed E-state index contributed by atoms with van der Waals surface area (Å²) in [5, 5.41) is 9.31. The van der Waals surface area contributed by atoms with Crippen LogP contribution in [0, 0.1) is 23.2 Å². The molecule has 14 heavy (non-hydrogen) atoms. The van der Waals surface area contributed by atoms with Crippen molar-refractivity contribution in [3.05, 3.63) is 0 Å². The zero-order valence-corrected chi connectivity index (χ0v) is 9.79. The highest BCUT2D eigenvalue weighted by molar-refractivity contribution is 5.03. The molecule has 82 valence electrons. The maximum Gasteiger partial charge on any atom is 0.0512 e. The Morgan fingerprint density at radius 2 is 2.07 bits per heavy atom. The predicted octanol–water partition coefficient (Wildman–Crippen LogP) is 3.22. The standard InChI is InChI=1S/C13H24O/c1-9(14)4-5-10-6-7-11-8-12(10)13(11,2)3/h9-12,14H,4-8H2,1-3H3/t9-,10?,11?,12?/m1/s1. The van der Waals surface area contributed by atoms with Gasteiger partial charge < -0.3 is 5.11 Å². The minimum absolute atomic E-state index is 0.101. The van der Waals surface area contributed by atoms with Gasteiger partial charge in [-0.2, -0.15) is 0 Å². The summed E-state index contributed by atoms with van der Waals surface area (Å²) in [6, 6.07) is 0. The van der Waals surface area contributed by atoms with Crippen LogP contribution in [0.1, 0.15) is 52.9 Å². The minimum Gasteiger partial charge on any atom is -0.393 e. The molecule has 0 aromatic rings. The van der Waals surface area contributed by atoms with Gasteiger partial charge in [-0.1, -0.05) is 13.8 Å². The first-order valence-electron chi connectivity index (χ1n) is 6.20. The Hall–Kier alpha value is -0.0400. The second kappa shape index (κ2) is 3.52. The highest BCUT2D eigenvalue weighted by atomic mass is 16.3. The van der Waals surface area contributed by atoms with Crippen molar-refractivity contribution in [3.63, 3.8) is 0 Å². The molecule has 0 aromatic heterocycles. The van der Waals surface area contributed by atoms with E-state index in [9.17, 15) is 5.11 Å². The second-order valence-electron chi connectivity index (χ2n) is 6.12. The third kappa shape index (κ3) is 1.60. The van der Waals surface area contributed by atoms with Crippen LogP contribution in [0.3, 0.4) is 0 Å². The number of aliphatic hydroxyl groups excluding tert-OH is 1. The fraction of sp³-hybridized carbons (Fsp3) is 1.00.